The molecule has 3 heterocycles. The quantitative estimate of drug-likeness (QED) is 0.671. The lowest BCUT2D eigenvalue weighted by Crippen LogP contribution is -2.48. The summed E-state index contributed by atoms with van der Waals surface area (Å²) in [4.78, 5) is 24.1. The Morgan fingerprint density at radius 3 is 2.47 bits per heavy atom. The summed E-state index contributed by atoms with van der Waals surface area (Å²) in [6.45, 7) is 5.13. The van der Waals surface area contributed by atoms with Gasteiger partial charge in [-0.25, -0.2) is 0 Å². The second-order valence-corrected chi connectivity index (χ2v) is 7.98. The SMILES string of the molecule is O=C(c1cc(N2CCc3ccccc32)ccn1)N1CCN(Cc2ccccc2)CC1. The van der Waals surface area contributed by atoms with E-state index >= 15 is 0 Å². The molecule has 0 atom stereocenters. The van der Waals surface area contributed by atoms with Gasteiger partial charge in [0.15, 0.2) is 0 Å². The number of anilines is 2. The van der Waals surface area contributed by atoms with Gasteiger partial charge in [0.25, 0.3) is 5.91 Å². The van der Waals surface area contributed by atoms with Crippen molar-refractivity contribution in [3.05, 3.63) is 89.7 Å². The minimum atomic E-state index is 0.0312. The molecule has 2 aliphatic rings. The monoisotopic (exact) mass is 398 g/mol. The molecule has 1 amide bonds. The summed E-state index contributed by atoms with van der Waals surface area (Å²) >= 11 is 0. The molecular weight excluding hydrogens is 372 g/mol. The third-order valence-electron chi connectivity index (χ3n) is 6.07. The fourth-order valence-corrected chi connectivity index (χ4v) is 4.42. The smallest absolute Gasteiger partial charge is 0.272 e. The van der Waals surface area contributed by atoms with Gasteiger partial charge in [-0.3, -0.25) is 14.7 Å². The molecule has 0 N–H and O–H groups in total. The Balaban J connectivity index is 1.25. The minimum Gasteiger partial charge on any atom is -0.341 e. The van der Waals surface area contributed by atoms with Gasteiger partial charge in [0, 0.05) is 56.8 Å². The zero-order valence-corrected chi connectivity index (χ0v) is 17.1. The third-order valence-corrected chi connectivity index (χ3v) is 6.07. The third kappa shape index (κ3) is 3.81. The predicted octanol–water partition coefficient (Wildman–Crippen LogP) is 3.73. The standard InChI is InChI=1S/C25H26N4O/c30-25(28-16-14-27(15-17-28)19-20-6-2-1-3-7-20)23-18-22(10-12-26-23)29-13-11-21-8-4-5-9-24(21)29/h1-10,12,18H,11,13-17,19H2. The number of rotatable bonds is 4. The number of amides is 1. The fraction of sp³-hybridized carbons (Fsp3) is 0.280. The maximum atomic E-state index is 13.1. The van der Waals surface area contributed by atoms with E-state index in [1.165, 1.54) is 16.8 Å². The maximum absolute atomic E-state index is 13.1. The molecule has 2 aliphatic heterocycles. The zero-order chi connectivity index (χ0) is 20.3. The van der Waals surface area contributed by atoms with Crippen LogP contribution in [0.15, 0.2) is 72.9 Å². The van der Waals surface area contributed by atoms with Crippen molar-refractivity contribution < 1.29 is 4.79 Å². The molecule has 0 radical (unpaired) electrons. The number of para-hydroxylation sites is 1. The van der Waals surface area contributed by atoms with Gasteiger partial charge >= 0.3 is 0 Å². The van der Waals surface area contributed by atoms with E-state index < -0.39 is 0 Å². The lowest BCUT2D eigenvalue weighted by Gasteiger charge is -2.34. The van der Waals surface area contributed by atoms with Crippen molar-refractivity contribution >= 4 is 17.3 Å². The van der Waals surface area contributed by atoms with Crippen LogP contribution in [0.2, 0.25) is 0 Å². The molecule has 3 aromatic rings. The van der Waals surface area contributed by atoms with E-state index in [4.69, 9.17) is 0 Å². The van der Waals surface area contributed by atoms with Crippen LogP contribution in [0.1, 0.15) is 21.6 Å². The maximum Gasteiger partial charge on any atom is 0.272 e. The molecule has 0 saturated carbocycles. The Bertz CT molecular complexity index is 1030. The molecule has 0 bridgehead atoms. The first-order valence-electron chi connectivity index (χ1n) is 10.6. The molecule has 152 valence electrons. The van der Waals surface area contributed by atoms with Crippen molar-refractivity contribution in [3.8, 4) is 0 Å². The van der Waals surface area contributed by atoms with Crippen LogP contribution in [0.25, 0.3) is 0 Å². The van der Waals surface area contributed by atoms with Crippen LogP contribution in [0.4, 0.5) is 11.4 Å². The molecule has 1 saturated heterocycles. The first-order valence-corrected chi connectivity index (χ1v) is 10.6. The van der Waals surface area contributed by atoms with Gasteiger partial charge in [0.2, 0.25) is 0 Å². The van der Waals surface area contributed by atoms with Gasteiger partial charge in [0.05, 0.1) is 0 Å². The van der Waals surface area contributed by atoms with Crippen LogP contribution in [0, 0.1) is 0 Å². The highest BCUT2D eigenvalue weighted by Crippen LogP contribution is 2.34. The second kappa shape index (κ2) is 8.28. The highest BCUT2D eigenvalue weighted by Gasteiger charge is 2.25. The summed E-state index contributed by atoms with van der Waals surface area (Å²) in [6, 6.07) is 22.9. The molecular formula is C25H26N4O. The van der Waals surface area contributed by atoms with E-state index in [2.05, 4.69) is 63.3 Å². The van der Waals surface area contributed by atoms with Gasteiger partial charge in [-0.15, -0.1) is 0 Å². The van der Waals surface area contributed by atoms with E-state index in [1.807, 2.05) is 23.1 Å². The largest absolute Gasteiger partial charge is 0.341 e. The van der Waals surface area contributed by atoms with Crippen molar-refractivity contribution in [1.29, 1.82) is 0 Å². The lowest BCUT2D eigenvalue weighted by molar-refractivity contribution is 0.0623. The summed E-state index contributed by atoms with van der Waals surface area (Å²) in [6.07, 6.45) is 2.79. The van der Waals surface area contributed by atoms with Gasteiger partial charge in [-0.05, 0) is 35.7 Å². The summed E-state index contributed by atoms with van der Waals surface area (Å²) in [5.41, 5.74) is 5.49. The summed E-state index contributed by atoms with van der Waals surface area (Å²) in [5, 5.41) is 0. The van der Waals surface area contributed by atoms with Crippen LogP contribution in [-0.4, -0.2) is 53.4 Å². The van der Waals surface area contributed by atoms with E-state index in [-0.39, 0.29) is 5.91 Å². The number of carbonyl (C=O) groups is 1. The highest BCUT2D eigenvalue weighted by molar-refractivity contribution is 5.93. The van der Waals surface area contributed by atoms with Crippen molar-refractivity contribution in [2.45, 2.75) is 13.0 Å². The van der Waals surface area contributed by atoms with Crippen molar-refractivity contribution in [2.75, 3.05) is 37.6 Å². The Hall–Kier alpha value is -3.18. The molecule has 0 aliphatic carbocycles. The number of carbonyl (C=O) groups excluding carboxylic acids is 1. The number of hydrogen-bond donors (Lipinski definition) is 0. The van der Waals surface area contributed by atoms with Crippen molar-refractivity contribution in [3.63, 3.8) is 0 Å². The topological polar surface area (TPSA) is 39.7 Å². The average molecular weight is 399 g/mol. The van der Waals surface area contributed by atoms with Gasteiger partial charge in [0.1, 0.15) is 5.69 Å². The number of aromatic nitrogens is 1. The van der Waals surface area contributed by atoms with E-state index in [0.29, 0.717) is 5.69 Å². The first-order chi connectivity index (χ1) is 14.8. The summed E-state index contributed by atoms with van der Waals surface area (Å²) in [5.74, 6) is 0.0312. The molecule has 5 nitrogen and oxygen atoms in total. The number of hydrogen-bond acceptors (Lipinski definition) is 4. The van der Waals surface area contributed by atoms with Crippen LogP contribution in [0.3, 0.4) is 0 Å². The zero-order valence-electron chi connectivity index (χ0n) is 17.1. The van der Waals surface area contributed by atoms with Crippen LogP contribution < -0.4 is 4.90 Å². The number of nitrogens with zero attached hydrogens (tertiary/aromatic N) is 4. The highest BCUT2D eigenvalue weighted by atomic mass is 16.2. The molecule has 0 unspecified atom stereocenters. The molecule has 1 aromatic heterocycles. The number of benzene rings is 2. The summed E-state index contributed by atoms with van der Waals surface area (Å²) < 4.78 is 0. The average Bonchev–Trinajstić information content (AvgIpc) is 3.24. The minimum absolute atomic E-state index is 0.0312. The van der Waals surface area contributed by atoms with Gasteiger partial charge in [-0.2, -0.15) is 0 Å². The number of fused-ring (bicyclic) bond motifs is 1. The number of piperazine rings is 1. The van der Waals surface area contributed by atoms with Crippen LogP contribution in [0.5, 0.6) is 0 Å². The van der Waals surface area contributed by atoms with Crippen LogP contribution >= 0.6 is 0 Å². The van der Waals surface area contributed by atoms with Gasteiger partial charge in [-0.1, -0.05) is 48.5 Å². The Morgan fingerprint density at radius 1 is 0.867 bits per heavy atom. The van der Waals surface area contributed by atoms with E-state index in [0.717, 1.165) is 51.4 Å². The molecule has 30 heavy (non-hydrogen) atoms. The summed E-state index contributed by atoms with van der Waals surface area (Å²) in [7, 11) is 0. The van der Waals surface area contributed by atoms with Crippen molar-refractivity contribution in [1.82, 2.24) is 14.8 Å². The molecule has 1 fully saturated rings. The number of pyridine rings is 1. The molecule has 0 spiro atoms. The van der Waals surface area contributed by atoms with Gasteiger partial charge < -0.3 is 9.80 Å². The molecule has 5 rings (SSSR count). The van der Waals surface area contributed by atoms with E-state index in [1.54, 1.807) is 6.20 Å². The van der Waals surface area contributed by atoms with Crippen LogP contribution in [-0.2, 0) is 13.0 Å². The second-order valence-electron chi connectivity index (χ2n) is 7.98. The van der Waals surface area contributed by atoms with E-state index in [9.17, 15) is 4.79 Å². The molecule has 5 heteroatoms. The predicted molar refractivity (Wildman–Crippen MR) is 119 cm³/mol. The fourth-order valence-electron chi connectivity index (χ4n) is 4.42. The molecule has 2 aromatic carbocycles. The Labute approximate surface area is 177 Å². The Kier molecular flexibility index (Phi) is 5.20. The van der Waals surface area contributed by atoms with Crippen molar-refractivity contribution in [2.24, 2.45) is 0 Å². The lowest BCUT2D eigenvalue weighted by atomic mass is 10.2. The Morgan fingerprint density at radius 2 is 1.63 bits per heavy atom. The normalized spacial score (nSPS) is 16.5. The first kappa shape index (κ1) is 18.8.